The minimum Gasteiger partial charge on any atom is -0.508 e. The lowest BCUT2D eigenvalue weighted by Gasteiger charge is -2.30. The number of carboxylic acids is 1. The number of carboxylic acid groups (broad SMARTS) is 1. The van der Waals surface area contributed by atoms with Gasteiger partial charge < -0.3 is 36.8 Å². The summed E-state index contributed by atoms with van der Waals surface area (Å²) in [6.07, 6.45) is 1.74. The summed E-state index contributed by atoms with van der Waals surface area (Å²) in [5.74, 6) is -3.25. The molecule has 4 amide bonds. The number of phenolic OH excluding ortho intramolecular Hbond substituents is 1. The van der Waals surface area contributed by atoms with Crippen LogP contribution in [0.3, 0.4) is 0 Å². The molecule has 2 aliphatic rings. The van der Waals surface area contributed by atoms with E-state index in [1.54, 1.807) is 12.1 Å². The van der Waals surface area contributed by atoms with Crippen molar-refractivity contribution in [1.82, 2.24) is 15.1 Å². The number of aliphatic carboxylic acids is 1. The normalized spacial score (nSPS) is 21.1. The van der Waals surface area contributed by atoms with Crippen molar-refractivity contribution >= 4 is 29.6 Å². The van der Waals surface area contributed by atoms with Gasteiger partial charge in [0.05, 0.1) is 6.04 Å². The Bertz CT molecular complexity index is 999. The maximum atomic E-state index is 13.2. The Hall–Kier alpha value is -3.67. The van der Waals surface area contributed by atoms with E-state index in [-0.39, 0.29) is 31.6 Å². The minimum absolute atomic E-state index is 0.0796. The number of carbonyl (C=O) groups excluding carboxylic acids is 4. The van der Waals surface area contributed by atoms with E-state index in [0.717, 1.165) is 5.56 Å². The molecular formula is C24H33N5O7. The zero-order chi connectivity index (χ0) is 26.4. The SMILES string of the molecule is NC(=O)CCC(NC(=O)C1CCCN1C(=O)C(N)Cc1ccc(O)cc1)C(=O)N1CCCC1C(=O)O. The predicted molar refractivity (Wildman–Crippen MR) is 127 cm³/mol. The van der Waals surface area contributed by atoms with Crippen molar-refractivity contribution in [1.29, 1.82) is 0 Å². The van der Waals surface area contributed by atoms with E-state index in [1.807, 2.05) is 0 Å². The molecule has 4 unspecified atom stereocenters. The highest BCUT2D eigenvalue weighted by Gasteiger charge is 2.40. The van der Waals surface area contributed by atoms with Gasteiger partial charge in [-0.3, -0.25) is 19.2 Å². The average molecular weight is 504 g/mol. The highest BCUT2D eigenvalue weighted by molar-refractivity contribution is 5.95. The second-order valence-corrected chi connectivity index (χ2v) is 9.26. The third-order valence-electron chi connectivity index (χ3n) is 6.66. The molecule has 7 N–H and O–H groups in total. The van der Waals surface area contributed by atoms with Crippen LogP contribution in [0.1, 0.15) is 44.1 Å². The number of nitrogens with zero attached hydrogens (tertiary/aromatic N) is 2. The first-order valence-corrected chi connectivity index (χ1v) is 12.0. The molecule has 0 aliphatic carbocycles. The third-order valence-corrected chi connectivity index (χ3v) is 6.66. The van der Waals surface area contributed by atoms with Gasteiger partial charge in [0, 0.05) is 19.5 Å². The Morgan fingerprint density at radius 1 is 0.972 bits per heavy atom. The first-order valence-electron chi connectivity index (χ1n) is 12.0. The molecule has 2 fully saturated rings. The van der Waals surface area contributed by atoms with Crippen LogP contribution in [0, 0.1) is 0 Å². The van der Waals surface area contributed by atoms with Gasteiger partial charge in [-0.15, -0.1) is 0 Å². The summed E-state index contributed by atoms with van der Waals surface area (Å²) in [4.78, 5) is 64.9. The number of rotatable bonds is 10. The zero-order valence-electron chi connectivity index (χ0n) is 20.0. The number of nitrogens with two attached hydrogens (primary N) is 2. The standard InChI is InChI=1S/C24H33N5O7/c25-16(13-14-5-7-15(30)8-6-14)22(33)28-11-1-3-18(28)21(32)27-17(9-10-20(26)31)23(34)29-12-2-4-19(29)24(35)36/h5-8,16-19,30H,1-4,9-13,25H2,(H2,26,31)(H,27,32)(H,35,36). The van der Waals surface area contributed by atoms with Gasteiger partial charge in [0.25, 0.3) is 0 Å². The molecule has 1 aromatic carbocycles. The van der Waals surface area contributed by atoms with Crippen LogP contribution in [0.2, 0.25) is 0 Å². The number of hydrogen-bond acceptors (Lipinski definition) is 7. The maximum absolute atomic E-state index is 13.2. The van der Waals surface area contributed by atoms with Gasteiger partial charge in [-0.05, 0) is 56.2 Å². The van der Waals surface area contributed by atoms with Crippen molar-refractivity contribution in [3.05, 3.63) is 29.8 Å². The number of aromatic hydroxyl groups is 1. The molecule has 0 bridgehead atoms. The van der Waals surface area contributed by atoms with E-state index in [9.17, 15) is 34.2 Å². The molecule has 2 heterocycles. The van der Waals surface area contributed by atoms with Gasteiger partial charge in [-0.2, -0.15) is 0 Å². The number of nitrogens with one attached hydrogen (secondary N) is 1. The predicted octanol–water partition coefficient (Wildman–Crippen LogP) is -0.921. The smallest absolute Gasteiger partial charge is 0.326 e. The summed E-state index contributed by atoms with van der Waals surface area (Å²) >= 11 is 0. The molecule has 0 radical (unpaired) electrons. The van der Waals surface area contributed by atoms with Crippen LogP contribution in [0.5, 0.6) is 5.75 Å². The van der Waals surface area contributed by atoms with E-state index in [0.29, 0.717) is 32.2 Å². The van der Waals surface area contributed by atoms with Gasteiger partial charge in [0.15, 0.2) is 0 Å². The summed E-state index contributed by atoms with van der Waals surface area (Å²) in [5, 5.41) is 21.5. The van der Waals surface area contributed by atoms with Crippen LogP contribution < -0.4 is 16.8 Å². The summed E-state index contributed by atoms with van der Waals surface area (Å²) in [6.45, 7) is 0.562. The van der Waals surface area contributed by atoms with Crippen molar-refractivity contribution in [2.75, 3.05) is 13.1 Å². The Morgan fingerprint density at radius 3 is 2.14 bits per heavy atom. The summed E-state index contributed by atoms with van der Waals surface area (Å²) < 4.78 is 0. The van der Waals surface area contributed by atoms with E-state index in [1.165, 1.54) is 21.9 Å². The summed E-state index contributed by atoms with van der Waals surface area (Å²) in [6, 6.07) is 2.43. The first kappa shape index (κ1) is 26.9. The van der Waals surface area contributed by atoms with Crippen molar-refractivity contribution in [3.63, 3.8) is 0 Å². The van der Waals surface area contributed by atoms with Crippen LogP contribution in [0.25, 0.3) is 0 Å². The lowest BCUT2D eigenvalue weighted by Crippen LogP contribution is -2.57. The third kappa shape index (κ3) is 6.51. The average Bonchev–Trinajstić information content (AvgIpc) is 3.52. The van der Waals surface area contributed by atoms with E-state index in [4.69, 9.17) is 11.5 Å². The molecule has 4 atom stereocenters. The van der Waals surface area contributed by atoms with E-state index in [2.05, 4.69) is 5.32 Å². The summed E-state index contributed by atoms with van der Waals surface area (Å²) in [7, 11) is 0. The maximum Gasteiger partial charge on any atom is 0.326 e. The van der Waals surface area contributed by atoms with Gasteiger partial charge in [-0.1, -0.05) is 12.1 Å². The largest absolute Gasteiger partial charge is 0.508 e. The number of hydrogen-bond donors (Lipinski definition) is 5. The Labute approximate surface area is 208 Å². The topological polar surface area (TPSA) is 196 Å². The summed E-state index contributed by atoms with van der Waals surface area (Å²) in [5.41, 5.74) is 12.1. The second kappa shape index (κ2) is 11.8. The fourth-order valence-electron chi connectivity index (χ4n) is 4.79. The van der Waals surface area contributed by atoms with E-state index < -0.39 is 53.8 Å². The highest BCUT2D eigenvalue weighted by atomic mass is 16.4. The van der Waals surface area contributed by atoms with Crippen LogP contribution >= 0.6 is 0 Å². The molecule has 12 nitrogen and oxygen atoms in total. The van der Waals surface area contributed by atoms with Crippen LogP contribution in [-0.2, 0) is 30.4 Å². The van der Waals surface area contributed by atoms with E-state index >= 15 is 0 Å². The number of amides is 4. The quantitative estimate of drug-likeness (QED) is 0.270. The van der Waals surface area contributed by atoms with Crippen molar-refractivity contribution in [2.24, 2.45) is 11.5 Å². The molecule has 36 heavy (non-hydrogen) atoms. The van der Waals surface area contributed by atoms with Crippen molar-refractivity contribution in [2.45, 2.75) is 69.1 Å². The number of phenols is 1. The molecule has 3 rings (SSSR count). The minimum atomic E-state index is -1.15. The highest BCUT2D eigenvalue weighted by Crippen LogP contribution is 2.22. The van der Waals surface area contributed by atoms with Crippen LogP contribution in [0.4, 0.5) is 0 Å². The van der Waals surface area contributed by atoms with Gasteiger partial charge in [0.2, 0.25) is 23.6 Å². The van der Waals surface area contributed by atoms with Gasteiger partial charge in [0.1, 0.15) is 23.9 Å². The fraction of sp³-hybridized carbons (Fsp3) is 0.542. The molecule has 2 aliphatic heterocycles. The number of benzene rings is 1. The Morgan fingerprint density at radius 2 is 1.56 bits per heavy atom. The molecule has 0 aromatic heterocycles. The molecule has 196 valence electrons. The van der Waals surface area contributed by atoms with Gasteiger partial charge in [-0.25, -0.2) is 4.79 Å². The molecular weight excluding hydrogens is 470 g/mol. The second-order valence-electron chi connectivity index (χ2n) is 9.26. The lowest BCUT2D eigenvalue weighted by molar-refractivity contribution is -0.150. The molecule has 12 heteroatoms. The van der Waals surface area contributed by atoms with Crippen LogP contribution in [0.15, 0.2) is 24.3 Å². The first-order chi connectivity index (χ1) is 17.1. The molecule has 0 spiro atoms. The number of likely N-dealkylation sites (tertiary alicyclic amines) is 2. The Kier molecular flexibility index (Phi) is 8.86. The lowest BCUT2D eigenvalue weighted by atomic mass is 10.0. The number of primary amides is 1. The molecule has 2 saturated heterocycles. The van der Waals surface area contributed by atoms with Crippen LogP contribution in [-0.4, -0.2) is 86.9 Å². The Balaban J connectivity index is 1.69. The molecule has 1 aromatic rings. The van der Waals surface area contributed by atoms with Crippen molar-refractivity contribution < 1.29 is 34.2 Å². The monoisotopic (exact) mass is 503 g/mol. The molecule has 0 saturated carbocycles. The van der Waals surface area contributed by atoms with Gasteiger partial charge >= 0.3 is 5.97 Å². The van der Waals surface area contributed by atoms with Crippen molar-refractivity contribution in [3.8, 4) is 5.75 Å². The zero-order valence-corrected chi connectivity index (χ0v) is 20.0. The number of carbonyl (C=O) groups is 5. The fourth-order valence-corrected chi connectivity index (χ4v) is 4.79.